The first kappa shape index (κ1) is 10.2. The Hall–Kier alpha value is -1.29. The molecule has 4 nitrogen and oxygen atoms in total. The molecule has 1 amide bonds. The number of amides is 1. The lowest BCUT2D eigenvalue weighted by Crippen LogP contribution is -2.32. The molecular formula is C11H16N2O2. The molecule has 1 aliphatic carbocycles. The van der Waals surface area contributed by atoms with E-state index in [9.17, 15) is 4.79 Å². The number of aliphatic hydroxyl groups is 1. The summed E-state index contributed by atoms with van der Waals surface area (Å²) in [5, 5.41) is 9.03. The van der Waals surface area contributed by atoms with Gasteiger partial charge in [-0.1, -0.05) is 0 Å². The van der Waals surface area contributed by atoms with Gasteiger partial charge in [-0.15, -0.1) is 0 Å². The second kappa shape index (κ2) is 4.06. The van der Waals surface area contributed by atoms with Gasteiger partial charge in [0.2, 0.25) is 5.91 Å². The highest BCUT2D eigenvalue weighted by atomic mass is 16.3. The van der Waals surface area contributed by atoms with Crippen LogP contribution in [0, 0.1) is 0 Å². The molecule has 82 valence electrons. The highest BCUT2D eigenvalue weighted by molar-refractivity contribution is 5.76. The Morgan fingerprint density at radius 3 is 3.00 bits per heavy atom. The summed E-state index contributed by atoms with van der Waals surface area (Å²) in [7, 11) is 1.85. The van der Waals surface area contributed by atoms with E-state index < -0.39 is 0 Å². The second-order valence-corrected chi connectivity index (χ2v) is 4.02. The lowest BCUT2D eigenvalue weighted by atomic mass is 10.4. The van der Waals surface area contributed by atoms with E-state index in [0.29, 0.717) is 12.6 Å². The van der Waals surface area contributed by atoms with Crippen LogP contribution in [-0.2, 0) is 17.9 Å². The lowest BCUT2D eigenvalue weighted by Gasteiger charge is -2.17. The van der Waals surface area contributed by atoms with E-state index in [4.69, 9.17) is 5.11 Å². The number of aromatic nitrogens is 1. The molecule has 1 fully saturated rings. The van der Waals surface area contributed by atoms with Gasteiger partial charge in [0.15, 0.2) is 0 Å². The molecule has 0 atom stereocenters. The maximum atomic E-state index is 11.8. The van der Waals surface area contributed by atoms with Crippen LogP contribution in [0.4, 0.5) is 0 Å². The van der Waals surface area contributed by atoms with Crippen molar-refractivity contribution in [3.05, 3.63) is 24.0 Å². The molecular weight excluding hydrogens is 192 g/mol. The second-order valence-electron chi connectivity index (χ2n) is 4.02. The number of aliphatic hydroxyl groups excluding tert-OH is 1. The summed E-state index contributed by atoms with van der Waals surface area (Å²) in [6.07, 6.45) is 4.08. The zero-order valence-corrected chi connectivity index (χ0v) is 8.89. The fourth-order valence-corrected chi connectivity index (χ4v) is 1.67. The van der Waals surface area contributed by atoms with Crippen molar-refractivity contribution in [2.24, 2.45) is 0 Å². The monoisotopic (exact) mass is 208 g/mol. The highest BCUT2D eigenvalue weighted by Crippen LogP contribution is 2.25. The third kappa shape index (κ3) is 2.21. The molecule has 0 radical (unpaired) electrons. The number of rotatable bonds is 4. The first-order valence-electron chi connectivity index (χ1n) is 5.23. The number of hydrogen-bond donors (Lipinski definition) is 1. The summed E-state index contributed by atoms with van der Waals surface area (Å²) < 4.78 is 1.79. The Kier molecular flexibility index (Phi) is 2.77. The van der Waals surface area contributed by atoms with Gasteiger partial charge in [0.05, 0.1) is 6.61 Å². The summed E-state index contributed by atoms with van der Waals surface area (Å²) in [6.45, 7) is 0.309. The van der Waals surface area contributed by atoms with Crippen LogP contribution in [0.1, 0.15) is 18.5 Å². The predicted molar refractivity (Wildman–Crippen MR) is 56.1 cm³/mol. The molecule has 1 heterocycles. The number of nitrogens with zero attached hydrogens (tertiary/aromatic N) is 2. The van der Waals surface area contributed by atoms with Gasteiger partial charge < -0.3 is 14.6 Å². The quantitative estimate of drug-likeness (QED) is 0.787. The normalized spacial score (nSPS) is 15.3. The van der Waals surface area contributed by atoms with Crippen LogP contribution in [0.5, 0.6) is 0 Å². The Bertz CT molecular complexity index is 355. The van der Waals surface area contributed by atoms with Crippen molar-refractivity contribution in [1.29, 1.82) is 0 Å². The Morgan fingerprint density at radius 1 is 1.67 bits per heavy atom. The van der Waals surface area contributed by atoms with E-state index in [1.165, 1.54) is 0 Å². The van der Waals surface area contributed by atoms with E-state index in [2.05, 4.69) is 0 Å². The van der Waals surface area contributed by atoms with Crippen LogP contribution in [0.25, 0.3) is 0 Å². The van der Waals surface area contributed by atoms with E-state index in [0.717, 1.165) is 18.5 Å². The fourth-order valence-electron chi connectivity index (χ4n) is 1.67. The van der Waals surface area contributed by atoms with E-state index in [1.807, 2.05) is 25.4 Å². The maximum absolute atomic E-state index is 11.8. The molecule has 4 heteroatoms. The molecule has 1 aromatic heterocycles. The molecule has 2 rings (SSSR count). The summed E-state index contributed by atoms with van der Waals surface area (Å²) >= 11 is 0. The lowest BCUT2D eigenvalue weighted by molar-refractivity contribution is -0.131. The largest absolute Gasteiger partial charge is 0.390 e. The van der Waals surface area contributed by atoms with Crippen LogP contribution in [0.3, 0.4) is 0 Å². The van der Waals surface area contributed by atoms with Gasteiger partial charge in [0, 0.05) is 25.0 Å². The Labute approximate surface area is 89.1 Å². The first-order valence-corrected chi connectivity index (χ1v) is 5.23. The average Bonchev–Trinajstić information content (AvgIpc) is 2.99. The third-order valence-electron chi connectivity index (χ3n) is 2.88. The molecule has 1 saturated carbocycles. The van der Waals surface area contributed by atoms with Gasteiger partial charge >= 0.3 is 0 Å². The minimum atomic E-state index is -0.0204. The average molecular weight is 208 g/mol. The van der Waals surface area contributed by atoms with Crippen molar-refractivity contribution in [3.8, 4) is 0 Å². The zero-order chi connectivity index (χ0) is 10.8. The zero-order valence-electron chi connectivity index (χ0n) is 8.89. The van der Waals surface area contributed by atoms with Crippen LogP contribution < -0.4 is 0 Å². The predicted octanol–water partition coefficient (Wildman–Crippen LogP) is 0.601. The van der Waals surface area contributed by atoms with Crippen molar-refractivity contribution >= 4 is 5.91 Å². The minimum absolute atomic E-state index is 0.0204. The van der Waals surface area contributed by atoms with Crippen LogP contribution in [0.15, 0.2) is 18.3 Å². The van der Waals surface area contributed by atoms with Crippen molar-refractivity contribution in [1.82, 2.24) is 9.47 Å². The molecule has 0 aromatic carbocycles. The van der Waals surface area contributed by atoms with E-state index in [-0.39, 0.29) is 12.5 Å². The van der Waals surface area contributed by atoms with Crippen LogP contribution >= 0.6 is 0 Å². The summed E-state index contributed by atoms with van der Waals surface area (Å²) in [6, 6.07) is 4.12. The molecule has 1 N–H and O–H groups in total. The van der Waals surface area contributed by atoms with Gasteiger partial charge in [-0.2, -0.15) is 0 Å². The van der Waals surface area contributed by atoms with Gasteiger partial charge in [0.1, 0.15) is 6.54 Å². The molecule has 0 unspecified atom stereocenters. The van der Waals surface area contributed by atoms with Gasteiger partial charge in [0.25, 0.3) is 0 Å². The topological polar surface area (TPSA) is 45.5 Å². The number of carbonyl (C=O) groups is 1. The van der Waals surface area contributed by atoms with Gasteiger partial charge in [-0.05, 0) is 25.0 Å². The molecule has 0 bridgehead atoms. The van der Waals surface area contributed by atoms with Crippen molar-refractivity contribution in [3.63, 3.8) is 0 Å². The minimum Gasteiger partial charge on any atom is -0.390 e. The Balaban J connectivity index is 1.98. The summed E-state index contributed by atoms with van der Waals surface area (Å²) in [5.41, 5.74) is 0.785. The van der Waals surface area contributed by atoms with Crippen LogP contribution in [0.2, 0.25) is 0 Å². The van der Waals surface area contributed by atoms with E-state index >= 15 is 0 Å². The molecule has 0 saturated heterocycles. The highest BCUT2D eigenvalue weighted by Gasteiger charge is 2.29. The van der Waals surface area contributed by atoms with Crippen molar-refractivity contribution in [2.75, 3.05) is 7.05 Å². The number of carbonyl (C=O) groups excluding carboxylic acids is 1. The maximum Gasteiger partial charge on any atom is 0.242 e. The fraction of sp³-hybridized carbons (Fsp3) is 0.545. The van der Waals surface area contributed by atoms with Crippen molar-refractivity contribution in [2.45, 2.75) is 32.0 Å². The SMILES string of the molecule is CN(C(=O)Cn1cccc1CO)C1CC1. The third-order valence-corrected chi connectivity index (χ3v) is 2.88. The number of likely N-dealkylation sites (N-methyl/N-ethyl adjacent to an activating group) is 1. The van der Waals surface area contributed by atoms with Crippen molar-refractivity contribution < 1.29 is 9.90 Å². The molecule has 0 spiro atoms. The summed E-state index contributed by atoms with van der Waals surface area (Å²) in [5.74, 6) is 0.114. The Morgan fingerprint density at radius 2 is 2.40 bits per heavy atom. The van der Waals surface area contributed by atoms with E-state index in [1.54, 1.807) is 9.47 Å². The summed E-state index contributed by atoms with van der Waals surface area (Å²) in [4.78, 5) is 13.6. The standard InChI is InChI=1S/C11H16N2O2/c1-12(9-4-5-9)11(15)7-13-6-2-3-10(13)8-14/h2-3,6,9,14H,4-5,7-8H2,1H3. The molecule has 1 aliphatic rings. The molecule has 0 aliphatic heterocycles. The smallest absolute Gasteiger partial charge is 0.242 e. The first-order chi connectivity index (χ1) is 7.22. The molecule has 1 aromatic rings. The molecule has 15 heavy (non-hydrogen) atoms. The van der Waals surface area contributed by atoms with Gasteiger partial charge in [-0.25, -0.2) is 0 Å². The van der Waals surface area contributed by atoms with Gasteiger partial charge in [-0.3, -0.25) is 4.79 Å². The number of hydrogen-bond acceptors (Lipinski definition) is 2. The van der Waals surface area contributed by atoms with Crippen LogP contribution in [-0.4, -0.2) is 33.6 Å².